The van der Waals surface area contributed by atoms with Crippen LogP contribution in [-0.4, -0.2) is 31.2 Å². The second kappa shape index (κ2) is 8.61. The lowest BCUT2D eigenvalue weighted by molar-refractivity contribution is 0.155. The van der Waals surface area contributed by atoms with Gasteiger partial charge in [0.05, 0.1) is 18.0 Å². The molecule has 7 heteroatoms. The zero-order valence-corrected chi connectivity index (χ0v) is 18.5. The molecule has 1 fully saturated rings. The van der Waals surface area contributed by atoms with Crippen LogP contribution in [0.25, 0.3) is 22.3 Å². The Morgan fingerprint density at radius 3 is 2.26 bits per heavy atom. The van der Waals surface area contributed by atoms with Crippen LogP contribution in [0.3, 0.4) is 0 Å². The lowest BCUT2D eigenvalue weighted by Crippen LogP contribution is -2.42. The summed E-state index contributed by atoms with van der Waals surface area (Å²) in [5, 5.41) is 5.71. The van der Waals surface area contributed by atoms with Crippen LogP contribution in [0.15, 0.2) is 91.3 Å². The Morgan fingerprint density at radius 2 is 1.53 bits per heavy atom. The third-order valence-corrected chi connectivity index (χ3v) is 5.97. The quantitative estimate of drug-likeness (QED) is 0.391. The Hall–Kier alpha value is -4.23. The highest BCUT2D eigenvalue weighted by atomic mass is 16.5. The first-order valence-corrected chi connectivity index (χ1v) is 11.2. The number of hydrogen-bond donors (Lipinski definition) is 1. The molecule has 3 heterocycles. The summed E-state index contributed by atoms with van der Waals surface area (Å²) in [5.41, 5.74) is 10.0. The molecule has 2 aromatic heterocycles. The van der Waals surface area contributed by atoms with Crippen LogP contribution >= 0.6 is 0 Å². The maximum atomic E-state index is 6.28. The van der Waals surface area contributed by atoms with Gasteiger partial charge in [-0.1, -0.05) is 48.5 Å². The van der Waals surface area contributed by atoms with E-state index in [-0.39, 0.29) is 6.04 Å². The van der Waals surface area contributed by atoms with Gasteiger partial charge < -0.3 is 10.5 Å². The van der Waals surface area contributed by atoms with Crippen LogP contribution in [0.1, 0.15) is 11.6 Å². The Morgan fingerprint density at radius 1 is 0.853 bits per heavy atom. The highest BCUT2D eigenvalue weighted by molar-refractivity contribution is 5.98. The minimum Gasteiger partial charge on any atom is -0.457 e. The molecule has 7 nitrogen and oxygen atoms in total. The minimum absolute atomic E-state index is 0.120. The smallest absolute Gasteiger partial charge is 0.164 e. The number of hydrogen-bond acceptors (Lipinski definition) is 6. The molecule has 1 saturated heterocycles. The minimum atomic E-state index is 0.120. The number of nitrogens with two attached hydrogens (primary N) is 1. The van der Waals surface area contributed by atoms with E-state index in [9.17, 15) is 0 Å². The van der Waals surface area contributed by atoms with E-state index in [0.29, 0.717) is 5.82 Å². The molecule has 34 heavy (non-hydrogen) atoms. The number of anilines is 1. The number of nitrogens with zero attached hydrogens (tertiary/aromatic N) is 5. The largest absolute Gasteiger partial charge is 0.457 e. The highest BCUT2D eigenvalue weighted by Crippen LogP contribution is 2.36. The normalized spacial score (nSPS) is 14.2. The average molecular weight is 448 g/mol. The molecular weight excluding hydrogens is 424 g/mol. The Balaban J connectivity index is 1.26. The van der Waals surface area contributed by atoms with Crippen LogP contribution in [0.5, 0.6) is 11.5 Å². The number of para-hydroxylation sites is 1. The van der Waals surface area contributed by atoms with Crippen molar-refractivity contribution in [3.8, 4) is 22.8 Å². The summed E-state index contributed by atoms with van der Waals surface area (Å²) in [6.45, 7) is 3.93. The zero-order chi connectivity index (χ0) is 22.9. The molecule has 2 N–H and O–H groups in total. The third-order valence-electron chi connectivity index (χ3n) is 5.97. The van der Waals surface area contributed by atoms with Crippen LogP contribution in [0.2, 0.25) is 0 Å². The first kappa shape index (κ1) is 20.4. The monoisotopic (exact) mass is 447 g/mol. The number of aromatic nitrogens is 4. The van der Waals surface area contributed by atoms with Crippen molar-refractivity contribution in [2.24, 2.45) is 0 Å². The van der Waals surface area contributed by atoms with Crippen LogP contribution in [-0.2, 0) is 6.54 Å². The second-order valence-electron chi connectivity index (χ2n) is 8.32. The third kappa shape index (κ3) is 3.86. The number of benzene rings is 3. The van der Waals surface area contributed by atoms with E-state index in [0.717, 1.165) is 46.9 Å². The summed E-state index contributed by atoms with van der Waals surface area (Å²) < 4.78 is 7.88. The lowest BCUT2D eigenvalue weighted by atomic mass is 10.1. The van der Waals surface area contributed by atoms with Crippen LogP contribution in [0, 0.1) is 6.54 Å². The van der Waals surface area contributed by atoms with E-state index >= 15 is 0 Å². The SMILES string of the molecule is Nc1ncnc2c1c(-c1ccc(Oc3ccccc3)cc1)nn2C1[CH]N(Cc2ccccc2)C1. The molecule has 0 bridgehead atoms. The van der Waals surface area contributed by atoms with Crippen molar-refractivity contribution in [3.63, 3.8) is 0 Å². The van der Waals surface area contributed by atoms with Gasteiger partial charge in [-0.2, -0.15) is 5.10 Å². The van der Waals surface area contributed by atoms with Gasteiger partial charge >= 0.3 is 0 Å². The Labute approximate surface area is 197 Å². The van der Waals surface area contributed by atoms with Crippen molar-refractivity contribution in [3.05, 3.63) is 103 Å². The number of nitrogen functional groups attached to an aromatic ring is 1. The van der Waals surface area contributed by atoms with Crippen LogP contribution in [0.4, 0.5) is 5.82 Å². The van der Waals surface area contributed by atoms with Crippen molar-refractivity contribution in [1.29, 1.82) is 0 Å². The van der Waals surface area contributed by atoms with E-state index in [1.807, 2.05) is 65.3 Å². The molecule has 0 amide bonds. The Bertz CT molecular complexity index is 1410. The molecule has 0 spiro atoms. The number of fused-ring (bicyclic) bond motifs is 1. The molecule has 6 rings (SSSR count). The van der Waals surface area contributed by atoms with E-state index in [4.69, 9.17) is 15.6 Å². The van der Waals surface area contributed by atoms with Gasteiger partial charge in [0.15, 0.2) is 5.65 Å². The number of ether oxygens (including phenoxy) is 1. The maximum absolute atomic E-state index is 6.28. The molecule has 5 aromatic rings. The van der Waals surface area contributed by atoms with Gasteiger partial charge in [0.25, 0.3) is 0 Å². The molecule has 1 unspecified atom stereocenters. The molecule has 0 aliphatic carbocycles. The first-order valence-electron chi connectivity index (χ1n) is 11.2. The van der Waals surface area contributed by atoms with Crippen LogP contribution < -0.4 is 10.5 Å². The molecule has 3 aromatic carbocycles. The van der Waals surface area contributed by atoms with E-state index < -0.39 is 0 Å². The summed E-state index contributed by atoms with van der Waals surface area (Å²) in [5.74, 6) is 1.98. The molecule has 0 saturated carbocycles. The summed E-state index contributed by atoms with van der Waals surface area (Å²) in [7, 11) is 0. The summed E-state index contributed by atoms with van der Waals surface area (Å²) in [6, 6.07) is 28.1. The van der Waals surface area contributed by atoms with E-state index in [2.05, 4.69) is 45.7 Å². The standard InChI is InChI=1S/C27H23N6O/c28-26-24-25(20-11-13-23(14-12-20)34-22-9-5-2-6-10-22)31-33(27(24)30-18-29-26)21-16-32(17-21)15-19-7-3-1-4-8-19/h1-14,16,18,21H,15,17H2,(H2,28,29,30). The van der Waals surface area contributed by atoms with Gasteiger partial charge in [-0.05, 0) is 42.0 Å². The van der Waals surface area contributed by atoms with Crippen molar-refractivity contribution in [2.45, 2.75) is 12.6 Å². The van der Waals surface area contributed by atoms with Gasteiger partial charge in [-0.3, -0.25) is 4.90 Å². The lowest BCUT2D eigenvalue weighted by Gasteiger charge is -2.38. The average Bonchev–Trinajstić information content (AvgIpc) is 3.23. The zero-order valence-electron chi connectivity index (χ0n) is 18.5. The molecule has 167 valence electrons. The van der Waals surface area contributed by atoms with Crippen molar-refractivity contribution in [2.75, 3.05) is 12.3 Å². The van der Waals surface area contributed by atoms with Crippen molar-refractivity contribution < 1.29 is 4.74 Å². The van der Waals surface area contributed by atoms with Gasteiger partial charge in [0.2, 0.25) is 0 Å². The van der Waals surface area contributed by atoms with Crippen molar-refractivity contribution >= 4 is 16.9 Å². The molecular formula is C27H23N6O. The van der Waals surface area contributed by atoms with Gasteiger partial charge in [0.1, 0.15) is 29.3 Å². The maximum Gasteiger partial charge on any atom is 0.164 e. The summed E-state index contributed by atoms with van der Waals surface area (Å²) in [6.07, 6.45) is 1.50. The first-order chi connectivity index (χ1) is 16.7. The topological polar surface area (TPSA) is 82.1 Å². The predicted molar refractivity (Wildman–Crippen MR) is 132 cm³/mol. The number of likely N-dealkylation sites (tertiary alicyclic amines) is 1. The number of rotatable bonds is 6. The molecule has 1 radical (unpaired) electrons. The van der Waals surface area contributed by atoms with Gasteiger partial charge in [-0.25, -0.2) is 14.6 Å². The Kier molecular flexibility index (Phi) is 5.16. The van der Waals surface area contributed by atoms with Gasteiger partial charge in [-0.15, -0.1) is 0 Å². The van der Waals surface area contributed by atoms with E-state index in [1.54, 1.807) is 0 Å². The fourth-order valence-electron chi connectivity index (χ4n) is 4.26. The highest BCUT2D eigenvalue weighted by Gasteiger charge is 2.32. The van der Waals surface area contributed by atoms with Gasteiger partial charge in [0, 0.05) is 18.7 Å². The predicted octanol–water partition coefficient (Wildman–Crippen LogP) is 5.09. The fourth-order valence-corrected chi connectivity index (χ4v) is 4.26. The fraction of sp³-hybridized carbons (Fsp3) is 0.111. The molecule has 1 aliphatic heterocycles. The van der Waals surface area contributed by atoms with Crippen molar-refractivity contribution in [1.82, 2.24) is 24.6 Å². The summed E-state index contributed by atoms with van der Waals surface area (Å²) in [4.78, 5) is 11.0. The molecule has 1 aliphatic rings. The second-order valence-corrected chi connectivity index (χ2v) is 8.32. The summed E-state index contributed by atoms with van der Waals surface area (Å²) >= 11 is 0. The van der Waals surface area contributed by atoms with E-state index in [1.165, 1.54) is 11.9 Å². The molecule has 1 atom stereocenters.